The van der Waals surface area contributed by atoms with E-state index in [0.717, 1.165) is 76.6 Å². The summed E-state index contributed by atoms with van der Waals surface area (Å²) in [5.41, 5.74) is 2.95. The predicted molar refractivity (Wildman–Crippen MR) is 117 cm³/mol. The highest BCUT2D eigenvalue weighted by Crippen LogP contribution is 2.29. The van der Waals surface area contributed by atoms with Crippen molar-refractivity contribution < 1.29 is 14.3 Å². The number of nitrogens with zero attached hydrogens (tertiary/aromatic N) is 2. The smallest absolute Gasteiger partial charge is 0.225 e. The molecule has 0 bridgehead atoms. The molecular weight excluding hydrogens is 376 g/mol. The SMILES string of the molecule is O=C(C1CCOCC1)N1CCC[C@H](Oc2ccc3c(c2)CCN(C2CCC2)CC3)C1. The maximum atomic E-state index is 12.9. The van der Waals surface area contributed by atoms with Crippen molar-refractivity contribution in [3.63, 3.8) is 0 Å². The van der Waals surface area contributed by atoms with Crippen LogP contribution in [-0.2, 0) is 22.4 Å². The van der Waals surface area contributed by atoms with Gasteiger partial charge in [-0.2, -0.15) is 0 Å². The number of hydrogen-bond donors (Lipinski definition) is 0. The minimum Gasteiger partial charge on any atom is -0.489 e. The first-order chi connectivity index (χ1) is 14.8. The Morgan fingerprint density at radius 1 is 0.933 bits per heavy atom. The van der Waals surface area contributed by atoms with Gasteiger partial charge in [0.15, 0.2) is 0 Å². The lowest BCUT2D eigenvalue weighted by Gasteiger charge is -2.36. The lowest BCUT2D eigenvalue weighted by Crippen LogP contribution is -2.47. The molecule has 0 aromatic heterocycles. The number of piperidine rings is 1. The molecule has 5 nitrogen and oxygen atoms in total. The molecule has 5 heteroatoms. The van der Waals surface area contributed by atoms with Gasteiger partial charge < -0.3 is 14.4 Å². The molecule has 2 saturated heterocycles. The number of rotatable bonds is 4. The van der Waals surface area contributed by atoms with E-state index in [-0.39, 0.29) is 12.0 Å². The van der Waals surface area contributed by atoms with Crippen LogP contribution in [0.25, 0.3) is 0 Å². The molecule has 3 aliphatic heterocycles. The highest BCUT2D eigenvalue weighted by Gasteiger charge is 2.31. The van der Waals surface area contributed by atoms with Gasteiger partial charge in [-0.1, -0.05) is 12.5 Å². The van der Waals surface area contributed by atoms with Crippen molar-refractivity contribution in [2.75, 3.05) is 39.4 Å². The Morgan fingerprint density at radius 3 is 2.50 bits per heavy atom. The largest absolute Gasteiger partial charge is 0.489 e. The second kappa shape index (κ2) is 9.27. The van der Waals surface area contributed by atoms with Crippen molar-refractivity contribution in [2.24, 2.45) is 5.92 Å². The van der Waals surface area contributed by atoms with Crippen molar-refractivity contribution in [3.8, 4) is 5.75 Å². The number of likely N-dealkylation sites (tertiary alicyclic amines) is 1. The van der Waals surface area contributed by atoms with Gasteiger partial charge in [0.05, 0.1) is 6.54 Å². The number of fused-ring (bicyclic) bond motifs is 1. The van der Waals surface area contributed by atoms with Gasteiger partial charge in [-0.3, -0.25) is 9.69 Å². The van der Waals surface area contributed by atoms with Gasteiger partial charge in [0.1, 0.15) is 11.9 Å². The predicted octanol–water partition coefficient (Wildman–Crippen LogP) is 3.44. The van der Waals surface area contributed by atoms with Crippen LogP contribution in [-0.4, -0.2) is 67.2 Å². The zero-order chi connectivity index (χ0) is 20.3. The van der Waals surface area contributed by atoms with Crippen molar-refractivity contribution in [2.45, 2.75) is 69.9 Å². The standard InChI is InChI=1S/C25H36N2O3/c28-25(20-10-15-29-16-11-20)27-12-2-5-24(18-27)30-23-7-6-19-8-13-26(22-3-1-4-22)14-9-21(19)17-23/h6-7,17,20,22,24H,1-5,8-16,18H2/t24-/m0/s1. The third-order valence-electron chi connectivity index (χ3n) is 7.67. The van der Waals surface area contributed by atoms with E-state index < -0.39 is 0 Å². The molecule has 3 heterocycles. The molecule has 3 fully saturated rings. The first-order valence-corrected chi connectivity index (χ1v) is 12.2. The fourth-order valence-electron chi connectivity index (χ4n) is 5.54. The van der Waals surface area contributed by atoms with Crippen LogP contribution >= 0.6 is 0 Å². The quantitative estimate of drug-likeness (QED) is 0.760. The van der Waals surface area contributed by atoms with Crippen molar-refractivity contribution in [1.29, 1.82) is 0 Å². The summed E-state index contributed by atoms with van der Waals surface area (Å²) in [5.74, 6) is 1.43. The normalized spacial score (nSPS) is 26.5. The third-order valence-corrected chi connectivity index (χ3v) is 7.67. The van der Waals surface area contributed by atoms with Crippen LogP contribution in [0.4, 0.5) is 0 Å². The highest BCUT2D eigenvalue weighted by atomic mass is 16.5. The molecule has 1 aromatic rings. The molecule has 0 radical (unpaired) electrons. The number of benzene rings is 1. The summed E-state index contributed by atoms with van der Waals surface area (Å²) >= 11 is 0. The summed E-state index contributed by atoms with van der Waals surface area (Å²) in [4.78, 5) is 17.7. The highest BCUT2D eigenvalue weighted by molar-refractivity contribution is 5.79. The first kappa shape index (κ1) is 20.3. The van der Waals surface area contributed by atoms with Crippen LogP contribution in [0.1, 0.15) is 56.1 Å². The molecule has 1 aromatic carbocycles. The van der Waals surface area contributed by atoms with Crippen LogP contribution < -0.4 is 4.74 Å². The van der Waals surface area contributed by atoms with E-state index in [1.165, 1.54) is 43.5 Å². The topological polar surface area (TPSA) is 42.0 Å². The van der Waals surface area contributed by atoms with Crippen LogP contribution in [0.3, 0.4) is 0 Å². The van der Waals surface area contributed by atoms with E-state index in [4.69, 9.17) is 9.47 Å². The van der Waals surface area contributed by atoms with Crippen molar-refractivity contribution in [3.05, 3.63) is 29.3 Å². The summed E-state index contributed by atoms with van der Waals surface area (Å²) in [6, 6.07) is 7.54. The second-order valence-corrected chi connectivity index (χ2v) is 9.60. The molecule has 0 spiro atoms. The average Bonchev–Trinajstić information content (AvgIpc) is 2.95. The fraction of sp³-hybridized carbons (Fsp3) is 0.720. The summed E-state index contributed by atoms with van der Waals surface area (Å²) in [6.07, 6.45) is 10.4. The molecular formula is C25H36N2O3. The van der Waals surface area contributed by atoms with Crippen LogP contribution in [0.5, 0.6) is 5.75 Å². The Morgan fingerprint density at radius 2 is 1.73 bits per heavy atom. The number of amides is 1. The van der Waals surface area contributed by atoms with Gasteiger partial charge in [0.2, 0.25) is 5.91 Å². The Hall–Kier alpha value is -1.59. The number of hydrogen-bond acceptors (Lipinski definition) is 4. The Kier molecular flexibility index (Phi) is 6.28. The maximum absolute atomic E-state index is 12.9. The first-order valence-electron chi connectivity index (χ1n) is 12.2. The summed E-state index contributed by atoms with van der Waals surface area (Å²) in [6.45, 7) is 5.41. The summed E-state index contributed by atoms with van der Waals surface area (Å²) in [5, 5.41) is 0. The van der Waals surface area contributed by atoms with Gasteiger partial charge in [-0.25, -0.2) is 0 Å². The van der Waals surface area contributed by atoms with E-state index in [1.54, 1.807) is 0 Å². The van der Waals surface area contributed by atoms with Gasteiger partial charge in [0.25, 0.3) is 0 Å². The lowest BCUT2D eigenvalue weighted by molar-refractivity contribution is -0.141. The van der Waals surface area contributed by atoms with Gasteiger partial charge in [-0.05, 0) is 74.6 Å². The molecule has 164 valence electrons. The average molecular weight is 413 g/mol. The molecule has 1 saturated carbocycles. The number of ether oxygens (including phenoxy) is 2. The molecule has 1 atom stereocenters. The van der Waals surface area contributed by atoms with Gasteiger partial charge in [0, 0.05) is 44.8 Å². The Bertz CT molecular complexity index is 742. The number of carbonyl (C=O) groups is 1. The van der Waals surface area contributed by atoms with Crippen molar-refractivity contribution in [1.82, 2.24) is 9.80 Å². The summed E-state index contributed by atoms with van der Waals surface area (Å²) in [7, 11) is 0. The molecule has 5 rings (SSSR count). The lowest BCUT2D eigenvalue weighted by atomic mass is 9.91. The van der Waals surface area contributed by atoms with Gasteiger partial charge in [-0.15, -0.1) is 0 Å². The Labute approximate surface area is 180 Å². The molecule has 1 aliphatic carbocycles. The molecule has 0 N–H and O–H groups in total. The summed E-state index contributed by atoms with van der Waals surface area (Å²) < 4.78 is 11.8. The van der Waals surface area contributed by atoms with Crippen LogP contribution in [0.2, 0.25) is 0 Å². The van der Waals surface area contributed by atoms with E-state index in [9.17, 15) is 4.79 Å². The minimum absolute atomic E-state index is 0.109. The fourth-order valence-corrected chi connectivity index (χ4v) is 5.54. The molecule has 0 unspecified atom stereocenters. The van der Waals surface area contributed by atoms with E-state index in [1.807, 2.05) is 4.90 Å². The Balaban J connectivity index is 1.19. The molecule has 30 heavy (non-hydrogen) atoms. The molecule has 4 aliphatic rings. The monoisotopic (exact) mass is 412 g/mol. The van der Waals surface area contributed by atoms with Crippen LogP contribution in [0, 0.1) is 5.92 Å². The van der Waals surface area contributed by atoms with Gasteiger partial charge >= 0.3 is 0 Å². The van der Waals surface area contributed by atoms with E-state index in [0.29, 0.717) is 5.91 Å². The minimum atomic E-state index is 0.109. The third kappa shape index (κ3) is 4.52. The van der Waals surface area contributed by atoms with Crippen LogP contribution in [0.15, 0.2) is 18.2 Å². The second-order valence-electron chi connectivity index (χ2n) is 9.60. The van der Waals surface area contributed by atoms with E-state index in [2.05, 4.69) is 23.1 Å². The maximum Gasteiger partial charge on any atom is 0.225 e. The van der Waals surface area contributed by atoms with Crippen molar-refractivity contribution >= 4 is 5.91 Å². The zero-order valence-electron chi connectivity index (χ0n) is 18.2. The van der Waals surface area contributed by atoms with E-state index >= 15 is 0 Å². The number of carbonyl (C=O) groups excluding carboxylic acids is 1. The molecule has 1 amide bonds. The zero-order valence-corrected chi connectivity index (χ0v) is 18.2.